The van der Waals surface area contributed by atoms with Crippen molar-refractivity contribution in [2.45, 2.75) is 76.7 Å². The average Bonchev–Trinajstić information content (AvgIpc) is 3.32. The second-order valence-electron chi connectivity index (χ2n) is 9.79. The molecule has 1 heterocycles. The molecular weight excluding hydrogens is 414 g/mol. The minimum atomic E-state index is -2.87. The molecule has 174 valence electrons. The predicted molar refractivity (Wildman–Crippen MR) is 134 cm³/mol. The van der Waals surface area contributed by atoms with Crippen molar-refractivity contribution in [3.63, 3.8) is 0 Å². The Morgan fingerprint density at radius 1 is 0.938 bits per heavy atom. The van der Waals surface area contributed by atoms with E-state index >= 15 is 0 Å². The molecule has 0 amide bonds. The van der Waals surface area contributed by atoms with E-state index < -0.39 is 9.84 Å². The van der Waals surface area contributed by atoms with Gasteiger partial charge in [0.15, 0.2) is 0 Å². The van der Waals surface area contributed by atoms with Crippen LogP contribution in [-0.2, 0) is 29.1 Å². The molecule has 2 atom stereocenters. The summed E-state index contributed by atoms with van der Waals surface area (Å²) in [4.78, 5) is 2.75. The molecule has 4 heteroatoms. The fraction of sp³-hybridized carbons (Fsp3) is 0.571. The molecule has 1 aliphatic carbocycles. The maximum Gasteiger partial charge on any atom is 0.150 e. The highest BCUT2D eigenvalue weighted by atomic mass is 32.2. The molecule has 1 saturated heterocycles. The summed E-state index contributed by atoms with van der Waals surface area (Å²) in [6.45, 7) is 4.43. The topological polar surface area (TPSA) is 37.4 Å². The van der Waals surface area contributed by atoms with Crippen molar-refractivity contribution >= 4 is 9.84 Å². The van der Waals surface area contributed by atoms with Gasteiger partial charge in [-0.2, -0.15) is 0 Å². The molecule has 32 heavy (non-hydrogen) atoms. The highest BCUT2D eigenvalue weighted by Gasteiger charge is 2.34. The van der Waals surface area contributed by atoms with Crippen LogP contribution in [0.15, 0.2) is 48.5 Å². The van der Waals surface area contributed by atoms with Crippen LogP contribution in [0, 0.1) is 0 Å². The van der Waals surface area contributed by atoms with Crippen molar-refractivity contribution in [3.05, 3.63) is 70.8 Å². The van der Waals surface area contributed by atoms with Crippen LogP contribution < -0.4 is 0 Å². The summed E-state index contributed by atoms with van der Waals surface area (Å²) in [7, 11) is -2.87. The van der Waals surface area contributed by atoms with Crippen molar-refractivity contribution in [1.82, 2.24) is 4.90 Å². The Bertz CT molecular complexity index is 964. The summed E-state index contributed by atoms with van der Waals surface area (Å²) in [6.07, 6.45) is 9.62. The number of benzene rings is 2. The number of unbranched alkanes of at least 4 members (excludes halogenated alkanes) is 1. The largest absolute Gasteiger partial charge is 0.300 e. The summed E-state index contributed by atoms with van der Waals surface area (Å²) >= 11 is 0. The third-order valence-corrected chi connectivity index (χ3v) is 9.32. The first-order valence-corrected chi connectivity index (χ1v) is 14.5. The van der Waals surface area contributed by atoms with E-state index in [4.69, 9.17) is 0 Å². The second kappa shape index (κ2) is 11.0. The fourth-order valence-electron chi connectivity index (χ4n) is 5.77. The van der Waals surface area contributed by atoms with Crippen molar-refractivity contribution in [1.29, 1.82) is 0 Å². The van der Waals surface area contributed by atoms with Crippen molar-refractivity contribution in [2.75, 3.05) is 24.6 Å². The summed E-state index contributed by atoms with van der Waals surface area (Å²) in [5.41, 5.74) is 5.88. The monoisotopic (exact) mass is 453 g/mol. The number of aryl methyl sites for hydroxylation is 2. The van der Waals surface area contributed by atoms with Crippen LogP contribution in [-0.4, -0.2) is 44.0 Å². The van der Waals surface area contributed by atoms with Gasteiger partial charge in [-0.25, -0.2) is 8.42 Å². The number of hydrogen-bond donors (Lipinski definition) is 0. The lowest BCUT2D eigenvalue weighted by Gasteiger charge is -2.40. The number of fused-ring (bicyclic) bond motifs is 1. The number of likely N-dealkylation sites (tertiary alicyclic amines) is 1. The molecule has 0 saturated carbocycles. The van der Waals surface area contributed by atoms with E-state index in [0.29, 0.717) is 29.9 Å². The molecule has 0 N–H and O–H groups in total. The van der Waals surface area contributed by atoms with Crippen molar-refractivity contribution in [3.8, 4) is 0 Å². The molecule has 1 fully saturated rings. The Morgan fingerprint density at radius 3 is 2.47 bits per heavy atom. The zero-order chi connectivity index (χ0) is 22.4. The first-order valence-electron chi connectivity index (χ1n) is 12.7. The molecule has 4 rings (SSSR count). The predicted octanol–water partition coefficient (Wildman–Crippen LogP) is 5.57. The molecule has 2 aliphatic rings. The SMILES string of the molecule is CCCS(=O)(=O)CCCCc1ccc2c(c1)C(Cc1ccccc1)C(N1CCCC1)CC2. The lowest BCUT2D eigenvalue weighted by atomic mass is 9.75. The van der Waals surface area contributed by atoms with Gasteiger partial charge in [-0.1, -0.05) is 55.5 Å². The zero-order valence-corrected chi connectivity index (χ0v) is 20.5. The molecule has 0 bridgehead atoms. The van der Waals surface area contributed by atoms with Gasteiger partial charge >= 0.3 is 0 Å². The Labute approximate surface area is 195 Å². The first kappa shape index (κ1) is 23.5. The summed E-state index contributed by atoms with van der Waals surface area (Å²) in [5, 5.41) is 0. The zero-order valence-electron chi connectivity index (χ0n) is 19.6. The summed E-state index contributed by atoms with van der Waals surface area (Å²) < 4.78 is 24.0. The van der Waals surface area contributed by atoms with Crippen LogP contribution in [0.1, 0.15) is 73.6 Å². The highest BCUT2D eigenvalue weighted by Crippen LogP contribution is 2.39. The van der Waals surface area contributed by atoms with Crippen LogP contribution in [0.3, 0.4) is 0 Å². The fourth-order valence-corrected chi connectivity index (χ4v) is 7.24. The van der Waals surface area contributed by atoms with Crippen molar-refractivity contribution in [2.24, 2.45) is 0 Å². The Hall–Kier alpha value is -1.65. The van der Waals surface area contributed by atoms with Gasteiger partial charge in [0.25, 0.3) is 0 Å². The molecule has 3 nitrogen and oxygen atoms in total. The van der Waals surface area contributed by atoms with E-state index in [-0.39, 0.29) is 0 Å². The Balaban J connectivity index is 1.49. The smallest absolute Gasteiger partial charge is 0.150 e. The van der Waals surface area contributed by atoms with Gasteiger partial charge in [-0.15, -0.1) is 0 Å². The molecule has 0 aromatic heterocycles. The lowest BCUT2D eigenvalue weighted by Crippen LogP contribution is -2.41. The Morgan fingerprint density at radius 2 is 1.72 bits per heavy atom. The molecule has 1 aliphatic heterocycles. The van der Waals surface area contributed by atoms with Crippen LogP contribution in [0.5, 0.6) is 0 Å². The van der Waals surface area contributed by atoms with Gasteiger partial charge in [-0.05, 0) is 93.1 Å². The lowest BCUT2D eigenvalue weighted by molar-refractivity contribution is 0.188. The molecule has 2 aromatic carbocycles. The van der Waals surface area contributed by atoms with Gasteiger partial charge < -0.3 is 0 Å². The molecule has 0 radical (unpaired) electrons. The average molecular weight is 454 g/mol. The van der Waals surface area contributed by atoms with Crippen LogP contribution in [0.25, 0.3) is 0 Å². The third kappa shape index (κ3) is 6.02. The second-order valence-corrected chi connectivity index (χ2v) is 12.1. The number of sulfone groups is 1. The van der Waals surface area contributed by atoms with Crippen LogP contribution in [0.2, 0.25) is 0 Å². The summed E-state index contributed by atoms with van der Waals surface area (Å²) in [6, 6.07) is 18.7. The maximum absolute atomic E-state index is 12.0. The van der Waals surface area contributed by atoms with Gasteiger partial charge in [0, 0.05) is 17.7 Å². The first-order chi connectivity index (χ1) is 15.6. The van der Waals surface area contributed by atoms with E-state index in [2.05, 4.69) is 53.4 Å². The third-order valence-electron chi connectivity index (χ3n) is 7.38. The molecular formula is C28H39NO2S. The van der Waals surface area contributed by atoms with E-state index in [9.17, 15) is 8.42 Å². The van der Waals surface area contributed by atoms with Gasteiger partial charge in [-0.3, -0.25) is 4.90 Å². The Kier molecular flexibility index (Phi) is 8.07. The minimum Gasteiger partial charge on any atom is -0.300 e. The van der Waals surface area contributed by atoms with Crippen LogP contribution >= 0.6 is 0 Å². The number of hydrogen-bond acceptors (Lipinski definition) is 3. The highest BCUT2D eigenvalue weighted by molar-refractivity contribution is 7.91. The van der Waals surface area contributed by atoms with Crippen molar-refractivity contribution < 1.29 is 8.42 Å². The number of nitrogens with zero attached hydrogens (tertiary/aromatic N) is 1. The molecule has 0 spiro atoms. The van der Waals surface area contributed by atoms with E-state index in [1.807, 2.05) is 6.92 Å². The molecule has 2 aromatic rings. The van der Waals surface area contributed by atoms with E-state index in [1.165, 1.54) is 55.5 Å². The van der Waals surface area contributed by atoms with Gasteiger partial charge in [0.05, 0.1) is 5.75 Å². The van der Waals surface area contributed by atoms with Gasteiger partial charge in [0.1, 0.15) is 9.84 Å². The quantitative estimate of drug-likeness (QED) is 0.441. The maximum atomic E-state index is 12.0. The number of rotatable bonds is 10. The van der Waals surface area contributed by atoms with Crippen LogP contribution in [0.4, 0.5) is 0 Å². The standard InChI is InChI=1S/C28H39NO2S/c1-2-19-32(30,31)20-9-6-12-24-13-14-25-15-16-28(29-17-7-8-18-29)27(26(25)21-24)22-23-10-4-3-5-11-23/h3-5,10-11,13-14,21,27-28H,2,6-9,12,15-20,22H2,1H3. The normalized spacial score (nSPS) is 21.5. The summed E-state index contributed by atoms with van der Waals surface area (Å²) in [5.74, 6) is 1.20. The van der Waals surface area contributed by atoms with E-state index in [1.54, 1.807) is 5.56 Å². The molecule has 2 unspecified atom stereocenters. The van der Waals surface area contributed by atoms with E-state index in [0.717, 1.165) is 25.7 Å². The van der Waals surface area contributed by atoms with Gasteiger partial charge in [0.2, 0.25) is 0 Å². The minimum absolute atomic E-state index is 0.324.